The maximum absolute atomic E-state index is 13.1. The van der Waals surface area contributed by atoms with Crippen molar-refractivity contribution in [1.82, 2.24) is 0 Å². The predicted octanol–water partition coefficient (Wildman–Crippen LogP) is 2.36. The highest BCUT2D eigenvalue weighted by molar-refractivity contribution is 6.61. The number of rotatable bonds is 6. The van der Waals surface area contributed by atoms with Crippen LogP contribution in [0.1, 0.15) is 18.4 Å². The van der Waals surface area contributed by atoms with Gasteiger partial charge in [-0.15, -0.1) is 0 Å². The maximum atomic E-state index is 13.1. The van der Waals surface area contributed by atoms with Crippen molar-refractivity contribution in [2.45, 2.75) is 19.3 Å². The van der Waals surface area contributed by atoms with Gasteiger partial charge >= 0.3 is 7.12 Å². The van der Waals surface area contributed by atoms with E-state index in [0.29, 0.717) is 25.0 Å². The van der Waals surface area contributed by atoms with Crippen LogP contribution in [0.25, 0.3) is 0 Å². The molecule has 0 aliphatic heterocycles. The first-order valence-electron chi connectivity index (χ1n) is 7.03. The Kier molecular flexibility index (Phi) is 5.81. The van der Waals surface area contributed by atoms with E-state index in [0.717, 1.165) is 5.56 Å². The van der Waals surface area contributed by atoms with Crippen molar-refractivity contribution in [1.29, 1.82) is 0 Å². The van der Waals surface area contributed by atoms with Gasteiger partial charge in [-0.2, -0.15) is 0 Å². The first-order chi connectivity index (χ1) is 11.0. The average molecular weight is 322 g/mol. The molecule has 0 unspecified atom stereocenters. The van der Waals surface area contributed by atoms with Gasteiger partial charge in [0.1, 0.15) is 0 Å². The molecule has 0 heterocycles. The summed E-state index contributed by atoms with van der Waals surface area (Å²) in [5.74, 6) is -5.27. The molecule has 0 atom stereocenters. The highest BCUT2D eigenvalue weighted by atomic mass is 19.2. The average Bonchev–Trinajstić information content (AvgIpc) is 2.53. The predicted molar refractivity (Wildman–Crippen MR) is 79.4 cm³/mol. The van der Waals surface area contributed by atoms with E-state index in [1.54, 1.807) is 0 Å². The summed E-state index contributed by atoms with van der Waals surface area (Å²) in [7, 11) is -1.84. The minimum absolute atomic E-state index is 0.0398. The fourth-order valence-electron chi connectivity index (χ4n) is 2.05. The number of carbonyl (C=O) groups excluding carboxylic acids is 1. The molecule has 0 bridgehead atoms. The second kappa shape index (κ2) is 7.83. The van der Waals surface area contributed by atoms with Gasteiger partial charge in [-0.05, 0) is 30.5 Å². The van der Waals surface area contributed by atoms with E-state index in [1.807, 2.05) is 30.3 Å². The third kappa shape index (κ3) is 4.86. The van der Waals surface area contributed by atoms with Crippen molar-refractivity contribution in [3.63, 3.8) is 0 Å². The smallest absolute Gasteiger partial charge is 0.506 e. The summed E-state index contributed by atoms with van der Waals surface area (Å²) in [6.45, 7) is 0. The number of benzene rings is 2. The molecular formula is C16H14BF3O3. The molecule has 0 radical (unpaired) electrons. The summed E-state index contributed by atoms with van der Waals surface area (Å²) in [6.07, 6.45) is 1.20. The van der Waals surface area contributed by atoms with E-state index < -0.39 is 30.5 Å². The lowest BCUT2D eigenvalue weighted by atomic mass is 9.79. The number of halogens is 3. The van der Waals surface area contributed by atoms with E-state index in [1.165, 1.54) is 0 Å². The zero-order chi connectivity index (χ0) is 16.8. The molecule has 120 valence electrons. The summed E-state index contributed by atoms with van der Waals surface area (Å²) in [5.41, 5.74) is 0.696. The molecule has 0 saturated heterocycles. The van der Waals surface area contributed by atoms with Gasteiger partial charge in [0.05, 0.1) is 0 Å². The molecule has 0 spiro atoms. The molecule has 0 amide bonds. The molecule has 0 saturated carbocycles. The zero-order valence-corrected chi connectivity index (χ0v) is 12.1. The molecule has 0 aromatic heterocycles. The lowest BCUT2D eigenvalue weighted by Gasteiger charge is -2.09. The SMILES string of the molecule is O=C(CCCc1ccccc1)OB(O)c1cc(F)c(F)c(F)c1. The first kappa shape index (κ1) is 17.1. The largest absolute Gasteiger partial charge is 0.562 e. The maximum Gasteiger partial charge on any atom is 0.562 e. The summed E-state index contributed by atoms with van der Waals surface area (Å²) < 4.78 is 43.6. The molecule has 0 aliphatic carbocycles. The molecule has 7 heteroatoms. The van der Waals surface area contributed by atoms with Crippen LogP contribution in [0.5, 0.6) is 0 Å². The van der Waals surface area contributed by atoms with Crippen molar-refractivity contribution >= 4 is 18.6 Å². The van der Waals surface area contributed by atoms with Crippen molar-refractivity contribution in [3.05, 3.63) is 65.5 Å². The third-order valence-corrected chi connectivity index (χ3v) is 3.22. The zero-order valence-electron chi connectivity index (χ0n) is 12.1. The van der Waals surface area contributed by atoms with Gasteiger partial charge in [0.25, 0.3) is 5.97 Å². The van der Waals surface area contributed by atoms with Gasteiger partial charge in [0, 0.05) is 11.9 Å². The fourth-order valence-corrected chi connectivity index (χ4v) is 2.05. The van der Waals surface area contributed by atoms with E-state index in [9.17, 15) is 23.0 Å². The summed E-state index contributed by atoms with van der Waals surface area (Å²) in [5, 5.41) is 9.65. The number of aryl methyl sites for hydroxylation is 1. The minimum atomic E-state index is -1.84. The van der Waals surface area contributed by atoms with Gasteiger partial charge in [-0.25, -0.2) is 13.2 Å². The molecular weight excluding hydrogens is 308 g/mol. The normalized spacial score (nSPS) is 10.4. The van der Waals surface area contributed by atoms with E-state index in [4.69, 9.17) is 0 Å². The molecule has 0 fully saturated rings. The standard InChI is InChI=1S/C16H14BF3O3/c18-13-9-12(10-14(19)16(13)20)17(22)23-15(21)8-4-7-11-5-2-1-3-6-11/h1-3,5-6,9-10,22H,4,7-8H2. The Balaban J connectivity index is 1.85. The Labute approximate surface area is 131 Å². The van der Waals surface area contributed by atoms with Gasteiger partial charge in [-0.3, -0.25) is 4.79 Å². The van der Waals surface area contributed by atoms with Crippen molar-refractivity contribution in [2.75, 3.05) is 0 Å². The number of carbonyl (C=O) groups is 1. The Morgan fingerprint density at radius 2 is 1.70 bits per heavy atom. The van der Waals surface area contributed by atoms with Crippen LogP contribution in [0.15, 0.2) is 42.5 Å². The molecule has 1 N–H and O–H groups in total. The Morgan fingerprint density at radius 3 is 2.30 bits per heavy atom. The van der Waals surface area contributed by atoms with Crippen LogP contribution in [0.2, 0.25) is 0 Å². The van der Waals surface area contributed by atoms with Gasteiger partial charge in [0.2, 0.25) is 0 Å². The summed E-state index contributed by atoms with van der Waals surface area (Å²) in [6, 6.07) is 10.7. The topological polar surface area (TPSA) is 46.5 Å². The van der Waals surface area contributed by atoms with Crippen LogP contribution < -0.4 is 5.46 Å². The van der Waals surface area contributed by atoms with Gasteiger partial charge in [-0.1, -0.05) is 30.3 Å². The van der Waals surface area contributed by atoms with Crippen molar-refractivity contribution in [3.8, 4) is 0 Å². The number of hydrogen-bond donors (Lipinski definition) is 1. The quantitative estimate of drug-likeness (QED) is 0.656. The van der Waals surface area contributed by atoms with E-state index in [-0.39, 0.29) is 11.9 Å². The highest BCUT2D eigenvalue weighted by Crippen LogP contribution is 2.09. The molecule has 23 heavy (non-hydrogen) atoms. The molecule has 2 aromatic carbocycles. The third-order valence-electron chi connectivity index (χ3n) is 3.22. The summed E-state index contributed by atoms with van der Waals surface area (Å²) >= 11 is 0. The lowest BCUT2D eigenvalue weighted by Crippen LogP contribution is -2.36. The Bertz CT molecular complexity index is 657. The van der Waals surface area contributed by atoms with Crippen LogP contribution >= 0.6 is 0 Å². The van der Waals surface area contributed by atoms with E-state index >= 15 is 0 Å². The van der Waals surface area contributed by atoms with Crippen molar-refractivity contribution in [2.24, 2.45) is 0 Å². The second-order valence-electron chi connectivity index (χ2n) is 4.98. The second-order valence-corrected chi connectivity index (χ2v) is 4.98. The van der Waals surface area contributed by atoms with Crippen LogP contribution in [-0.2, 0) is 15.9 Å². The molecule has 2 aromatic rings. The Hall–Kier alpha value is -2.28. The van der Waals surface area contributed by atoms with Crippen molar-refractivity contribution < 1.29 is 27.6 Å². The van der Waals surface area contributed by atoms with Gasteiger partial charge < -0.3 is 9.68 Å². The minimum Gasteiger partial charge on any atom is -0.506 e. The number of hydrogen-bond acceptors (Lipinski definition) is 3. The monoisotopic (exact) mass is 322 g/mol. The van der Waals surface area contributed by atoms with Crippen LogP contribution in [0.4, 0.5) is 13.2 Å². The van der Waals surface area contributed by atoms with Crippen LogP contribution in [-0.4, -0.2) is 18.1 Å². The van der Waals surface area contributed by atoms with Gasteiger partial charge in [0.15, 0.2) is 17.5 Å². The molecule has 0 aliphatic rings. The first-order valence-corrected chi connectivity index (χ1v) is 7.03. The lowest BCUT2D eigenvalue weighted by molar-refractivity contribution is -0.135. The van der Waals surface area contributed by atoms with Crippen LogP contribution in [0, 0.1) is 17.5 Å². The summed E-state index contributed by atoms with van der Waals surface area (Å²) in [4.78, 5) is 11.6. The Morgan fingerprint density at radius 1 is 1.09 bits per heavy atom. The van der Waals surface area contributed by atoms with E-state index in [2.05, 4.69) is 4.65 Å². The fraction of sp³-hybridized carbons (Fsp3) is 0.188. The highest BCUT2D eigenvalue weighted by Gasteiger charge is 2.25. The molecule has 3 nitrogen and oxygen atoms in total. The van der Waals surface area contributed by atoms with Crippen LogP contribution in [0.3, 0.4) is 0 Å². The molecule has 2 rings (SSSR count).